The summed E-state index contributed by atoms with van der Waals surface area (Å²) in [5.41, 5.74) is 0.701. The minimum Gasteiger partial charge on any atom is -0.335 e. The number of hydrogen-bond acceptors (Lipinski definition) is 3. The Bertz CT molecular complexity index is 908. The van der Waals surface area contributed by atoms with Gasteiger partial charge in [0.25, 0.3) is 11.5 Å². The number of fused-ring (bicyclic) bond motifs is 1. The van der Waals surface area contributed by atoms with Crippen LogP contribution in [-0.2, 0) is 0 Å². The van der Waals surface area contributed by atoms with Crippen LogP contribution in [0.4, 0.5) is 0 Å². The Morgan fingerprint density at radius 2 is 1.74 bits per heavy atom. The summed E-state index contributed by atoms with van der Waals surface area (Å²) < 4.78 is 1.18. The van der Waals surface area contributed by atoms with Crippen molar-refractivity contribution in [3.8, 4) is 5.69 Å². The molecule has 1 saturated heterocycles. The summed E-state index contributed by atoms with van der Waals surface area (Å²) in [6.45, 7) is 0.829. The Labute approximate surface area is 167 Å². The van der Waals surface area contributed by atoms with E-state index >= 15 is 0 Å². The molecule has 2 heterocycles. The van der Waals surface area contributed by atoms with E-state index in [2.05, 4.69) is 10.00 Å². The monoisotopic (exact) mass is 405 g/mol. The third-order valence-electron chi connectivity index (χ3n) is 5.74. The molecule has 5 nitrogen and oxygen atoms in total. The Morgan fingerprint density at radius 1 is 1.04 bits per heavy atom. The van der Waals surface area contributed by atoms with Crippen molar-refractivity contribution in [2.75, 3.05) is 6.54 Å². The molecule has 2 aromatic rings. The number of hydrogen-bond donors (Lipinski definition) is 0. The van der Waals surface area contributed by atoms with Crippen LogP contribution < -0.4 is 5.56 Å². The first kappa shape index (κ1) is 18.5. The van der Waals surface area contributed by atoms with E-state index in [-0.39, 0.29) is 16.0 Å². The number of carbonyl (C=O) groups is 1. The predicted molar refractivity (Wildman–Crippen MR) is 106 cm³/mol. The van der Waals surface area contributed by atoms with E-state index in [1.54, 1.807) is 24.3 Å². The van der Waals surface area contributed by atoms with E-state index < -0.39 is 5.56 Å². The van der Waals surface area contributed by atoms with Gasteiger partial charge in [0.15, 0.2) is 0 Å². The molecule has 0 bridgehead atoms. The zero-order valence-electron chi connectivity index (χ0n) is 14.9. The summed E-state index contributed by atoms with van der Waals surface area (Å²) in [6, 6.07) is 7.31. The number of rotatable bonds is 2. The number of amides is 1. The molecule has 1 aromatic carbocycles. The molecule has 0 radical (unpaired) electrons. The highest BCUT2D eigenvalue weighted by atomic mass is 35.5. The quantitative estimate of drug-likeness (QED) is 0.746. The van der Waals surface area contributed by atoms with Crippen LogP contribution in [0.2, 0.25) is 10.0 Å². The summed E-state index contributed by atoms with van der Waals surface area (Å²) in [5.74, 6) is 0.724. The van der Waals surface area contributed by atoms with Crippen molar-refractivity contribution < 1.29 is 4.79 Å². The number of benzene rings is 1. The summed E-state index contributed by atoms with van der Waals surface area (Å²) >= 11 is 11.7. The zero-order chi connectivity index (χ0) is 19.0. The highest BCUT2D eigenvalue weighted by Gasteiger charge is 2.35. The van der Waals surface area contributed by atoms with Crippen LogP contribution in [-0.4, -0.2) is 33.2 Å². The molecule has 1 aliphatic heterocycles. The Kier molecular flexibility index (Phi) is 5.24. The molecule has 0 N–H and O–H groups in total. The van der Waals surface area contributed by atoms with Gasteiger partial charge in [-0.05, 0) is 55.9 Å². The SMILES string of the molecule is O=C(c1ccc(-n2ncc(Cl)c(Cl)c2=O)cc1)N1CCC[C@H]2CCCC[C@H]21. The number of aromatic nitrogens is 2. The van der Waals surface area contributed by atoms with Crippen LogP contribution in [0.1, 0.15) is 48.9 Å². The first-order valence-corrected chi connectivity index (χ1v) is 10.2. The maximum Gasteiger partial charge on any atom is 0.291 e. The van der Waals surface area contributed by atoms with Crippen LogP contribution in [0.3, 0.4) is 0 Å². The second-order valence-corrected chi connectivity index (χ2v) is 8.11. The minimum absolute atomic E-state index is 0.0662. The van der Waals surface area contributed by atoms with E-state index in [1.807, 2.05) is 0 Å². The largest absolute Gasteiger partial charge is 0.335 e. The van der Waals surface area contributed by atoms with Crippen LogP contribution in [0.15, 0.2) is 35.3 Å². The summed E-state index contributed by atoms with van der Waals surface area (Å²) in [7, 11) is 0. The molecule has 2 fully saturated rings. The molecular formula is C20H21Cl2N3O2. The van der Waals surface area contributed by atoms with Gasteiger partial charge in [-0.15, -0.1) is 0 Å². The van der Waals surface area contributed by atoms with Crippen molar-refractivity contribution in [2.45, 2.75) is 44.6 Å². The van der Waals surface area contributed by atoms with E-state index in [4.69, 9.17) is 23.2 Å². The van der Waals surface area contributed by atoms with Gasteiger partial charge >= 0.3 is 0 Å². The van der Waals surface area contributed by atoms with Gasteiger partial charge in [-0.1, -0.05) is 36.0 Å². The van der Waals surface area contributed by atoms with Gasteiger partial charge in [0.2, 0.25) is 0 Å². The van der Waals surface area contributed by atoms with Crippen molar-refractivity contribution in [1.82, 2.24) is 14.7 Å². The highest BCUT2D eigenvalue weighted by Crippen LogP contribution is 2.36. The number of halogens is 2. The average Bonchev–Trinajstić information content (AvgIpc) is 2.71. The van der Waals surface area contributed by atoms with Gasteiger partial charge in [-0.25, -0.2) is 0 Å². The number of carbonyl (C=O) groups excluding carboxylic acids is 1. The molecule has 27 heavy (non-hydrogen) atoms. The molecule has 1 amide bonds. The molecule has 142 valence electrons. The average molecular weight is 406 g/mol. The summed E-state index contributed by atoms with van der Waals surface area (Å²) in [5, 5.41) is 4.08. The van der Waals surface area contributed by atoms with Crippen LogP contribution in [0.5, 0.6) is 0 Å². The third-order valence-corrected chi connectivity index (χ3v) is 6.49. The molecule has 1 aliphatic carbocycles. The lowest BCUT2D eigenvalue weighted by Crippen LogP contribution is -2.49. The Hall–Kier alpha value is -1.85. The third kappa shape index (κ3) is 3.50. The highest BCUT2D eigenvalue weighted by molar-refractivity contribution is 6.41. The fraction of sp³-hybridized carbons (Fsp3) is 0.450. The van der Waals surface area contributed by atoms with Gasteiger partial charge in [0.05, 0.1) is 16.9 Å². The van der Waals surface area contributed by atoms with E-state index in [0.29, 0.717) is 23.2 Å². The van der Waals surface area contributed by atoms with Gasteiger partial charge in [0, 0.05) is 18.2 Å². The van der Waals surface area contributed by atoms with Crippen LogP contribution in [0.25, 0.3) is 5.69 Å². The molecule has 7 heteroatoms. The molecule has 2 atom stereocenters. The molecule has 1 aromatic heterocycles. The molecule has 4 rings (SSSR count). The molecule has 2 aliphatic rings. The van der Waals surface area contributed by atoms with Gasteiger partial charge in [-0.2, -0.15) is 9.78 Å². The standard InChI is InChI=1S/C20H21Cl2N3O2/c21-16-12-23-25(20(27)18(16)22)15-9-7-14(8-10-15)19(26)24-11-3-5-13-4-1-2-6-17(13)24/h7-10,12-13,17H,1-6,11H2/t13-,17-/m1/s1. The first-order valence-electron chi connectivity index (χ1n) is 9.41. The lowest BCUT2D eigenvalue weighted by atomic mass is 9.78. The van der Waals surface area contributed by atoms with Gasteiger partial charge in [-0.3, -0.25) is 9.59 Å². The molecule has 0 spiro atoms. The maximum atomic E-state index is 13.1. The number of likely N-dealkylation sites (tertiary alicyclic amines) is 1. The fourth-order valence-electron chi connectivity index (χ4n) is 4.38. The van der Waals surface area contributed by atoms with Crippen molar-refractivity contribution in [2.24, 2.45) is 5.92 Å². The smallest absolute Gasteiger partial charge is 0.291 e. The van der Waals surface area contributed by atoms with Gasteiger partial charge < -0.3 is 4.90 Å². The Morgan fingerprint density at radius 3 is 2.52 bits per heavy atom. The van der Waals surface area contributed by atoms with E-state index in [1.165, 1.54) is 36.6 Å². The number of nitrogens with zero attached hydrogens (tertiary/aromatic N) is 3. The summed E-state index contributed by atoms with van der Waals surface area (Å²) in [6.07, 6.45) is 8.48. The van der Waals surface area contributed by atoms with Crippen molar-refractivity contribution >= 4 is 29.1 Å². The van der Waals surface area contributed by atoms with Gasteiger partial charge in [0.1, 0.15) is 5.02 Å². The molecule has 1 saturated carbocycles. The van der Waals surface area contributed by atoms with Crippen LogP contribution in [0, 0.1) is 5.92 Å². The van der Waals surface area contributed by atoms with Crippen molar-refractivity contribution in [3.63, 3.8) is 0 Å². The first-order chi connectivity index (χ1) is 13.1. The lowest BCUT2D eigenvalue weighted by Gasteiger charge is -2.44. The second-order valence-electron chi connectivity index (χ2n) is 7.32. The van der Waals surface area contributed by atoms with E-state index in [0.717, 1.165) is 19.4 Å². The Balaban J connectivity index is 1.58. The minimum atomic E-state index is -0.482. The number of piperidine rings is 1. The van der Waals surface area contributed by atoms with Crippen LogP contribution >= 0.6 is 23.2 Å². The zero-order valence-corrected chi connectivity index (χ0v) is 16.4. The predicted octanol–water partition coefficient (Wildman–Crippen LogP) is 4.33. The normalized spacial score (nSPS) is 22.4. The fourth-order valence-corrected chi connectivity index (χ4v) is 4.64. The van der Waals surface area contributed by atoms with Crippen molar-refractivity contribution in [3.05, 3.63) is 56.4 Å². The lowest BCUT2D eigenvalue weighted by molar-refractivity contribution is 0.0390. The van der Waals surface area contributed by atoms with E-state index in [9.17, 15) is 9.59 Å². The molecular weight excluding hydrogens is 385 g/mol. The topological polar surface area (TPSA) is 55.2 Å². The second kappa shape index (κ2) is 7.64. The molecule has 0 unspecified atom stereocenters. The summed E-state index contributed by atoms with van der Waals surface area (Å²) in [4.78, 5) is 27.4. The van der Waals surface area contributed by atoms with Crippen molar-refractivity contribution in [1.29, 1.82) is 0 Å². The maximum absolute atomic E-state index is 13.1.